The van der Waals surface area contributed by atoms with Gasteiger partial charge in [0.05, 0.1) is 11.4 Å². The molecule has 2 unspecified atom stereocenters. The van der Waals surface area contributed by atoms with E-state index in [1.165, 1.54) is 18.2 Å². The molecule has 24 heavy (non-hydrogen) atoms. The number of carbonyl (C=O) groups excluding carboxylic acids is 2. The van der Waals surface area contributed by atoms with Gasteiger partial charge in [-0.25, -0.2) is 0 Å². The second kappa shape index (κ2) is 7.57. The molecule has 6 heteroatoms. The minimum atomic E-state index is -0.0827. The number of amides is 2. The molecule has 2 N–H and O–H groups in total. The summed E-state index contributed by atoms with van der Waals surface area (Å²) in [6.07, 6.45) is 1.29. The molecule has 0 saturated carbocycles. The number of piperidine rings is 1. The van der Waals surface area contributed by atoms with Crippen molar-refractivity contribution in [2.75, 3.05) is 37.2 Å². The van der Waals surface area contributed by atoms with E-state index < -0.39 is 0 Å². The van der Waals surface area contributed by atoms with E-state index in [0.717, 1.165) is 42.1 Å². The summed E-state index contributed by atoms with van der Waals surface area (Å²) in [5.74, 6) is 1.79. The molecule has 0 aliphatic carbocycles. The number of carbonyl (C=O) groups is 2. The van der Waals surface area contributed by atoms with Crippen molar-refractivity contribution >= 4 is 29.3 Å². The lowest BCUT2D eigenvalue weighted by molar-refractivity contribution is -0.113. The van der Waals surface area contributed by atoms with Gasteiger partial charge in [0.1, 0.15) is 0 Å². The van der Waals surface area contributed by atoms with Crippen LogP contribution in [0.4, 0.5) is 5.69 Å². The monoisotopic (exact) mass is 347 g/mol. The molecule has 2 atom stereocenters. The van der Waals surface area contributed by atoms with E-state index in [1.54, 1.807) is 6.07 Å². The topological polar surface area (TPSA) is 61.4 Å². The Kier molecular flexibility index (Phi) is 5.46. The maximum Gasteiger partial charge on any atom is 0.251 e. The van der Waals surface area contributed by atoms with Crippen molar-refractivity contribution in [1.29, 1.82) is 0 Å². The van der Waals surface area contributed by atoms with E-state index in [9.17, 15) is 9.59 Å². The number of nitrogens with one attached hydrogen (secondary N) is 2. The van der Waals surface area contributed by atoms with Gasteiger partial charge in [-0.3, -0.25) is 9.59 Å². The van der Waals surface area contributed by atoms with E-state index in [4.69, 9.17) is 0 Å². The molecule has 2 aliphatic rings. The van der Waals surface area contributed by atoms with Gasteiger partial charge in [0.2, 0.25) is 5.91 Å². The number of benzene rings is 1. The molecule has 0 aromatic heterocycles. The lowest BCUT2D eigenvalue weighted by Crippen LogP contribution is -2.42. The number of anilines is 1. The highest BCUT2D eigenvalue weighted by Gasteiger charge is 2.21. The molecule has 3 rings (SSSR count). The first-order chi connectivity index (χ1) is 11.5. The standard InChI is InChI=1S/C18H25N3O2S/c1-12-7-13(2)10-21(9-12)6-5-19-18(23)14-3-4-16-15(8-14)20-17(22)11-24-16/h3-4,8,12-13H,5-7,9-11H2,1-2H3,(H,19,23)(H,20,22). The highest BCUT2D eigenvalue weighted by molar-refractivity contribution is 8.00. The number of likely N-dealkylation sites (tertiary alicyclic amines) is 1. The Labute approximate surface area is 147 Å². The third-order valence-electron chi connectivity index (χ3n) is 4.53. The van der Waals surface area contributed by atoms with Gasteiger partial charge in [0.25, 0.3) is 5.91 Å². The summed E-state index contributed by atoms with van der Waals surface area (Å²) in [5.41, 5.74) is 1.33. The fourth-order valence-electron chi connectivity index (χ4n) is 3.63. The SMILES string of the molecule is CC1CC(C)CN(CCNC(=O)c2ccc3c(c2)NC(=O)CS3)C1. The summed E-state index contributed by atoms with van der Waals surface area (Å²) in [7, 11) is 0. The highest BCUT2D eigenvalue weighted by Crippen LogP contribution is 2.31. The fourth-order valence-corrected chi connectivity index (χ4v) is 4.42. The Hall–Kier alpha value is -1.53. The number of nitrogens with zero attached hydrogens (tertiary/aromatic N) is 1. The molecule has 1 saturated heterocycles. The average molecular weight is 347 g/mol. The van der Waals surface area contributed by atoms with Crippen LogP contribution in [-0.2, 0) is 4.79 Å². The lowest BCUT2D eigenvalue weighted by Gasteiger charge is -2.34. The van der Waals surface area contributed by atoms with Crippen LogP contribution in [0.5, 0.6) is 0 Å². The summed E-state index contributed by atoms with van der Waals surface area (Å²) < 4.78 is 0. The van der Waals surface area contributed by atoms with E-state index in [0.29, 0.717) is 17.9 Å². The van der Waals surface area contributed by atoms with Crippen molar-refractivity contribution in [3.63, 3.8) is 0 Å². The smallest absolute Gasteiger partial charge is 0.251 e. The van der Waals surface area contributed by atoms with Crippen LogP contribution in [0.3, 0.4) is 0 Å². The maximum absolute atomic E-state index is 12.3. The zero-order valence-corrected chi connectivity index (χ0v) is 15.1. The summed E-state index contributed by atoms with van der Waals surface area (Å²) in [6.45, 7) is 8.35. The number of thioether (sulfide) groups is 1. The predicted octanol–water partition coefficient (Wildman–Crippen LogP) is 2.44. The van der Waals surface area contributed by atoms with Gasteiger partial charge in [-0.1, -0.05) is 13.8 Å². The zero-order valence-electron chi connectivity index (χ0n) is 14.3. The van der Waals surface area contributed by atoms with Crippen LogP contribution in [0, 0.1) is 11.8 Å². The van der Waals surface area contributed by atoms with Gasteiger partial charge < -0.3 is 15.5 Å². The predicted molar refractivity (Wildman–Crippen MR) is 97.5 cm³/mol. The van der Waals surface area contributed by atoms with E-state index in [2.05, 4.69) is 29.4 Å². The Morgan fingerprint density at radius 3 is 2.83 bits per heavy atom. The van der Waals surface area contributed by atoms with Gasteiger partial charge in [-0.15, -0.1) is 11.8 Å². The Bertz CT molecular complexity index is 625. The lowest BCUT2D eigenvalue weighted by atomic mass is 9.92. The summed E-state index contributed by atoms with van der Waals surface area (Å²) >= 11 is 1.50. The third kappa shape index (κ3) is 4.30. The molecule has 0 spiro atoms. The van der Waals surface area contributed by atoms with Crippen LogP contribution in [0.1, 0.15) is 30.6 Å². The minimum Gasteiger partial charge on any atom is -0.351 e. The quantitative estimate of drug-likeness (QED) is 0.878. The molecule has 1 aromatic carbocycles. The van der Waals surface area contributed by atoms with Crippen LogP contribution < -0.4 is 10.6 Å². The van der Waals surface area contributed by atoms with Crippen LogP contribution in [0.25, 0.3) is 0 Å². The third-order valence-corrected chi connectivity index (χ3v) is 5.61. The van der Waals surface area contributed by atoms with Gasteiger partial charge in [0.15, 0.2) is 0 Å². The number of hydrogen-bond acceptors (Lipinski definition) is 4. The molecule has 2 amide bonds. The van der Waals surface area contributed by atoms with Gasteiger partial charge >= 0.3 is 0 Å². The second-order valence-electron chi connectivity index (χ2n) is 7.01. The van der Waals surface area contributed by atoms with Crippen LogP contribution in [-0.4, -0.2) is 48.6 Å². The van der Waals surface area contributed by atoms with Gasteiger partial charge in [-0.05, 0) is 36.5 Å². The van der Waals surface area contributed by atoms with Crippen molar-refractivity contribution in [2.24, 2.45) is 11.8 Å². The van der Waals surface area contributed by atoms with E-state index >= 15 is 0 Å². The second-order valence-corrected chi connectivity index (χ2v) is 8.03. The molecule has 130 valence electrons. The molecule has 2 heterocycles. The van der Waals surface area contributed by atoms with Crippen molar-refractivity contribution in [3.8, 4) is 0 Å². The van der Waals surface area contributed by atoms with Gasteiger partial charge in [0, 0.05) is 36.6 Å². The van der Waals surface area contributed by atoms with Gasteiger partial charge in [-0.2, -0.15) is 0 Å². The normalized spacial score (nSPS) is 24.2. The summed E-state index contributed by atoms with van der Waals surface area (Å²) in [6, 6.07) is 5.49. The molecule has 5 nitrogen and oxygen atoms in total. The number of fused-ring (bicyclic) bond motifs is 1. The van der Waals surface area contributed by atoms with Crippen molar-refractivity contribution in [1.82, 2.24) is 10.2 Å². The number of rotatable bonds is 4. The Morgan fingerprint density at radius 1 is 1.33 bits per heavy atom. The van der Waals surface area contributed by atoms with Crippen LogP contribution in [0.2, 0.25) is 0 Å². The molecular formula is C18H25N3O2S. The molecule has 1 aromatic rings. The van der Waals surface area contributed by atoms with Crippen molar-refractivity contribution in [3.05, 3.63) is 23.8 Å². The van der Waals surface area contributed by atoms with Crippen LogP contribution in [0.15, 0.2) is 23.1 Å². The average Bonchev–Trinajstić information content (AvgIpc) is 2.53. The highest BCUT2D eigenvalue weighted by atomic mass is 32.2. The van der Waals surface area contributed by atoms with Crippen molar-refractivity contribution < 1.29 is 9.59 Å². The summed E-state index contributed by atoms with van der Waals surface area (Å²) in [5, 5.41) is 5.82. The Morgan fingerprint density at radius 2 is 2.08 bits per heavy atom. The fraction of sp³-hybridized carbons (Fsp3) is 0.556. The summed E-state index contributed by atoms with van der Waals surface area (Å²) in [4.78, 5) is 27.3. The molecule has 2 aliphatic heterocycles. The van der Waals surface area contributed by atoms with Crippen molar-refractivity contribution in [2.45, 2.75) is 25.2 Å². The molecule has 0 radical (unpaired) electrons. The molecule has 0 bridgehead atoms. The molecule has 1 fully saturated rings. The first-order valence-corrected chi connectivity index (χ1v) is 9.57. The first-order valence-electron chi connectivity index (χ1n) is 8.58. The van der Waals surface area contributed by atoms with Crippen LogP contribution >= 0.6 is 11.8 Å². The number of hydrogen-bond donors (Lipinski definition) is 2. The zero-order chi connectivity index (χ0) is 17.1. The largest absolute Gasteiger partial charge is 0.351 e. The minimum absolute atomic E-state index is 0.0154. The Balaban J connectivity index is 1.52. The maximum atomic E-state index is 12.3. The first kappa shape index (κ1) is 17.3. The molecular weight excluding hydrogens is 322 g/mol. The van der Waals surface area contributed by atoms with E-state index in [-0.39, 0.29) is 11.8 Å². The van der Waals surface area contributed by atoms with E-state index in [1.807, 2.05) is 12.1 Å².